The van der Waals surface area contributed by atoms with Crippen LogP contribution in [0.15, 0.2) is 42.5 Å². The zero-order valence-corrected chi connectivity index (χ0v) is 19.9. The lowest BCUT2D eigenvalue weighted by Crippen LogP contribution is -2.45. The maximum absolute atomic E-state index is 12.6. The molecular weight excluding hydrogens is 402 g/mol. The fourth-order valence-electron chi connectivity index (χ4n) is 3.83. The summed E-state index contributed by atoms with van der Waals surface area (Å²) in [5.74, 6) is 0.281. The number of carbonyl (C=O) groups excluding carboxylic acids is 2. The first-order valence-corrected chi connectivity index (χ1v) is 11.3. The third-order valence-corrected chi connectivity index (χ3v) is 5.75. The van der Waals surface area contributed by atoms with E-state index >= 15 is 0 Å². The molecule has 2 aromatic carbocycles. The first kappa shape index (κ1) is 23.6. The topological polar surface area (TPSA) is 61.9 Å². The number of anilines is 2. The van der Waals surface area contributed by atoms with E-state index in [-0.39, 0.29) is 30.4 Å². The number of nitrogens with zero attached hydrogens (tertiary/aromatic N) is 2. The minimum atomic E-state index is -0.199. The lowest BCUT2D eigenvalue weighted by atomic mass is 9.86. The molecule has 0 unspecified atom stereocenters. The van der Waals surface area contributed by atoms with Crippen molar-refractivity contribution in [3.8, 4) is 5.75 Å². The highest BCUT2D eigenvalue weighted by Crippen LogP contribution is 2.36. The van der Waals surface area contributed by atoms with Gasteiger partial charge in [-0.2, -0.15) is 0 Å². The molecule has 6 nitrogen and oxygen atoms in total. The van der Waals surface area contributed by atoms with Gasteiger partial charge < -0.3 is 15.0 Å². The monoisotopic (exact) mass is 437 g/mol. The molecule has 0 atom stereocenters. The SMILES string of the molecule is CCN(CCCNC(=O)CN1C(=O)COc2ccc(C(C)(C)C)cc21)c1cccc(C)c1. The number of amides is 2. The van der Waals surface area contributed by atoms with E-state index < -0.39 is 0 Å². The van der Waals surface area contributed by atoms with Crippen molar-refractivity contribution in [2.75, 3.05) is 42.6 Å². The largest absolute Gasteiger partial charge is 0.482 e. The summed E-state index contributed by atoms with van der Waals surface area (Å²) < 4.78 is 5.57. The molecule has 0 aliphatic carbocycles. The molecule has 2 amide bonds. The molecule has 3 rings (SSSR count). The quantitative estimate of drug-likeness (QED) is 0.633. The van der Waals surface area contributed by atoms with Gasteiger partial charge in [0.15, 0.2) is 6.61 Å². The Morgan fingerprint density at radius 1 is 1.19 bits per heavy atom. The van der Waals surface area contributed by atoms with Crippen molar-refractivity contribution in [3.05, 3.63) is 53.6 Å². The summed E-state index contributed by atoms with van der Waals surface area (Å²) in [6.45, 7) is 12.9. The number of nitrogens with one attached hydrogen (secondary N) is 1. The van der Waals surface area contributed by atoms with E-state index in [4.69, 9.17) is 4.74 Å². The molecule has 2 aromatic rings. The number of ether oxygens (including phenoxy) is 1. The Hall–Kier alpha value is -3.02. The molecule has 0 bridgehead atoms. The average molecular weight is 438 g/mol. The van der Waals surface area contributed by atoms with Gasteiger partial charge in [0.1, 0.15) is 12.3 Å². The number of aryl methyl sites for hydroxylation is 1. The Balaban J connectivity index is 1.56. The molecule has 1 N–H and O–H groups in total. The Morgan fingerprint density at radius 3 is 2.66 bits per heavy atom. The fraction of sp³-hybridized carbons (Fsp3) is 0.462. The fourth-order valence-corrected chi connectivity index (χ4v) is 3.83. The van der Waals surface area contributed by atoms with E-state index in [0.717, 1.165) is 25.1 Å². The maximum Gasteiger partial charge on any atom is 0.265 e. The standard InChI is InChI=1S/C26H35N3O3/c1-6-28(21-10-7-9-19(2)15-21)14-8-13-27-24(30)17-29-22-16-20(26(3,4)5)11-12-23(22)32-18-25(29)31/h7,9-12,15-16H,6,8,13-14,17-18H2,1-5H3,(H,27,30). The van der Waals surface area contributed by atoms with Crippen molar-refractivity contribution < 1.29 is 14.3 Å². The molecule has 0 spiro atoms. The molecule has 32 heavy (non-hydrogen) atoms. The second kappa shape index (κ2) is 10.1. The molecule has 1 aliphatic heterocycles. The van der Waals surface area contributed by atoms with E-state index in [1.807, 2.05) is 18.2 Å². The summed E-state index contributed by atoms with van der Waals surface area (Å²) in [5, 5.41) is 2.97. The maximum atomic E-state index is 12.6. The van der Waals surface area contributed by atoms with E-state index in [9.17, 15) is 9.59 Å². The lowest BCUT2D eigenvalue weighted by molar-refractivity contribution is -0.125. The van der Waals surface area contributed by atoms with Gasteiger partial charge in [-0.1, -0.05) is 39.0 Å². The van der Waals surface area contributed by atoms with Crippen molar-refractivity contribution in [1.82, 2.24) is 5.32 Å². The van der Waals surface area contributed by atoms with Gasteiger partial charge in [0.05, 0.1) is 5.69 Å². The summed E-state index contributed by atoms with van der Waals surface area (Å²) in [7, 11) is 0. The van der Waals surface area contributed by atoms with E-state index in [2.05, 4.69) is 69.1 Å². The van der Waals surface area contributed by atoms with E-state index in [1.165, 1.54) is 16.2 Å². The predicted octanol–water partition coefficient (Wildman–Crippen LogP) is 4.05. The smallest absolute Gasteiger partial charge is 0.265 e. The van der Waals surface area contributed by atoms with Crippen molar-refractivity contribution in [1.29, 1.82) is 0 Å². The third kappa shape index (κ3) is 5.81. The van der Waals surface area contributed by atoms with Crippen LogP contribution in [0.4, 0.5) is 11.4 Å². The van der Waals surface area contributed by atoms with Crippen molar-refractivity contribution in [3.63, 3.8) is 0 Å². The number of carbonyl (C=O) groups is 2. The van der Waals surface area contributed by atoms with Gasteiger partial charge in [0.2, 0.25) is 5.91 Å². The van der Waals surface area contributed by atoms with Gasteiger partial charge in [-0.05, 0) is 61.1 Å². The summed E-state index contributed by atoms with van der Waals surface area (Å²) in [5.41, 5.74) is 4.13. The van der Waals surface area contributed by atoms with Gasteiger partial charge in [-0.25, -0.2) is 0 Å². The van der Waals surface area contributed by atoms with Crippen molar-refractivity contribution in [2.45, 2.75) is 46.5 Å². The molecule has 6 heteroatoms. The molecule has 1 aliphatic rings. The second-order valence-corrected chi connectivity index (χ2v) is 9.32. The van der Waals surface area contributed by atoms with Crippen LogP contribution in [-0.4, -0.2) is 44.6 Å². The molecule has 0 aromatic heterocycles. The molecule has 0 radical (unpaired) electrons. The Morgan fingerprint density at radius 2 is 1.97 bits per heavy atom. The van der Waals surface area contributed by atoms with Gasteiger partial charge in [0.25, 0.3) is 5.91 Å². The van der Waals surface area contributed by atoms with Crippen LogP contribution in [0.5, 0.6) is 5.75 Å². The van der Waals surface area contributed by atoms with Crippen LogP contribution >= 0.6 is 0 Å². The van der Waals surface area contributed by atoms with Gasteiger partial charge in [0, 0.05) is 25.3 Å². The van der Waals surface area contributed by atoms with Crippen LogP contribution < -0.4 is 19.9 Å². The van der Waals surface area contributed by atoms with Crippen LogP contribution in [0.2, 0.25) is 0 Å². The number of hydrogen-bond acceptors (Lipinski definition) is 4. The van der Waals surface area contributed by atoms with Gasteiger partial charge in [-0.15, -0.1) is 0 Å². The highest BCUT2D eigenvalue weighted by molar-refractivity contribution is 6.02. The van der Waals surface area contributed by atoms with Crippen molar-refractivity contribution >= 4 is 23.2 Å². The number of benzene rings is 2. The highest BCUT2D eigenvalue weighted by Gasteiger charge is 2.29. The zero-order chi connectivity index (χ0) is 23.3. The number of hydrogen-bond donors (Lipinski definition) is 1. The highest BCUT2D eigenvalue weighted by atomic mass is 16.5. The lowest BCUT2D eigenvalue weighted by Gasteiger charge is -2.31. The summed E-state index contributed by atoms with van der Waals surface area (Å²) in [4.78, 5) is 29.0. The molecule has 0 fully saturated rings. The van der Waals surface area contributed by atoms with Gasteiger partial charge >= 0.3 is 0 Å². The van der Waals surface area contributed by atoms with E-state index in [1.54, 1.807) is 0 Å². The first-order chi connectivity index (χ1) is 15.2. The van der Waals surface area contributed by atoms with Crippen molar-refractivity contribution in [2.24, 2.45) is 0 Å². The van der Waals surface area contributed by atoms with E-state index in [0.29, 0.717) is 18.0 Å². The predicted molar refractivity (Wildman–Crippen MR) is 130 cm³/mol. The summed E-state index contributed by atoms with van der Waals surface area (Å²) in [6.07, 6.45) is 0.829. The first-order valence-electron chi connectivity index (χ1n) is 11.3. The van der Waals surface area contributed by atoms with Crippen LogP contribution in [-0.2, 0) is 15.0 Å². The molecule has 0 saturated carbocycles. The Bertz CT molecular complexity index is 965. The summed E-state index contributed by atoms with van der Waals surface area (Å²) in [6, 6.07) is 14.3. The minimum absolute atomic E-state index is 0.00182. The number of rotatable bonds is 8. The average Bonchev–Trinajstić information content (AvgIpc) is 2.75. The Labute approximate surface area is 191 Å². The third-order valence-electron chi connectivity index (χ3n) is 5.75. The minimum Gasteiger partial charge on any atom is -0.482 e. The van der Waals surface area contributed by atoms with Crippen LogP contribution in [0.25, 0.3) is 0 Å². The second-order valence-electron chi connectivity index (χ2n) is 9.32. The molecule has 172 valence electrons. The molecule has 1 heterocycles. The Kier molecular flexibility index (Phi) is 7.44. The summed E-state index contributed by atoms with van der Waals surface area (Å²) >= 11 is 0. The van der Waals surface area contributed by atoms with Gasteiger partial charge in [-0.3, -0.25) is 14.5 Å². The number of fused-ring (bicyclic) bond motifs is 1. The van der Waals surface area contributed by atoms with Crippen LogP contribution in [0, 0.1) is 6.92 Å². The molecular formula is C26H35N3O3. The molecule has 0 saturated heterocycles. The van der Waals surface area contributed by atoms with Crippen LogP contribution in [0.3, 0.4) is 0 Å². The normalized spacial score (nSPS) is 13.4. The zero-order valence-electron chi connectivity index (χ0n) is 19.9. The van der Waals surface area contributed by atoms with Crippen LogP contribution in [0.1, 0.15) is 45.2 Å².